The minimum atomic E-state index is 0.948. The molecule has 0 saturated heterocycles. The lowest BCUT2D eigenvalue weighted by atomic mass is 10.0. The van der Waals surface area contributed by atoms with Gasteiger partial charge in [-0.25, -0.2) is 0 Å². The van der Waals surface area contributed by atoms with Crippen LogP contribution in [0, 0.1) is 0 Å². The van der Waals surface area contributed by atoms with Gasteiger partial charge >= 0.3 is 0 Å². The summed E-state index contributed by atoms with van der Waals surface area (Å²) in [5.74, 6) is 0. The molecular weight excluding hydrogens is 278 g/mol. The second-order valence-corrected chi connectivity index (χ2v) is 5.33. The average Bonchev–Trinajstić information content (AvgIpc) is 2.96. The smallest absolute Gasteiger partial charge is 0.0202 e. The quantitative estimate of drug-likeness (QED) is 0.587. The fourth-order valence-electron chi connectivity index (χ4n) is 2.75. The van der Waals surface area contributed by atoms with E-state index in [0.717, 1.165) is 19.4 Å². The molecule has 0 saturated carbocycles. The van der Waals surface area contributed by atoms with Gasteiger partial charge < -0.3 is 5.32 Å². The number of rotatable bonds is 3. The first-order valence-electron chi connectivity index (χ1n) is 8.76. The van der Waals surface area contributed by atoms with E-state index in [2.05, 4.69) is 66.9 Å². The minimum absolute atomic E-state index is 0.948. The van der Waals surface area contributed by atoms with Gasteiger partial charge in [0.05, 0.1) is 0 Å². The molecule has 23 heavy (non-hydrogen) atoms. The molecular formula is C22H31N. The second-order valence-electron chi connectivity index (χ2n) is 5.33. The lowest BCUT2D eigenvalue weighted by Crippen LogP contribution is -2.05. The first-order chi connectivity index (χ1) is 11.3. The molecule has 0 atom stereocenters. The monoisotopic (exact) mass is 309 g/mol. The van der Waals surface area contributed by atoms with Crippen molar-refractivity contribution >= 4 is 0 Å². The molecule has 1 N–H and O–H groups in total. The Bertz CT molecular complexity index is 611. The summed E-state index contributed by atoms with van der Waals surface area (Å²) in [6.45, 7) is 9.10. The highest BCUT2D eigenvalue weighted by Gasteiger charge is 2.17. The summed E-state index contributed by atoms with van der Waals surface area (Å²) in [6, 6.07) is 15.5. The molecule has 3 rings (SSSR count). The van der Waals surface area contributed by atoms with Gasteiger partial charge in [-0.3, -0.25) is 0 Å². The van der Waals surface area contributed by atoms with Crippen molar-refractivity contribution in [2.45, 2.75) is 47.1 Å². The van der Waals surface area contributed by atoms with E-state index in [-0.39, 0.29) is 0 Å². The molecule has 0 radical (unpaired) electrons. The van der Waals surface area contributed by atoms with Gasteiger partial charge in [-0.1, -0.05) is 75.4 Å². The Hall–Kier alpha value is -1.86. The fraction of sp³-hybridized carbons (Fsp3) is 0.364. The van der Waals surface area contributed by atoms with Gasteiger partial charge in [-0.05, 0) is 54.6 Å². The third-order valence-electron chi connectivity index (χ3n) is 3.71. The van der Waals surface area contributed by atoms with Crippen LogP contribution < -0.4 is 5.32 Å². The van der Waals surface area contributed by atoms with Gasteiger partial charge in [0.2, 0.25) is 0 Å². The zero-order valence-corrected chi connectivity index (χ0v) is 15.3. The summed E-state index contributed by atoms with van der Waals surface area (Å²) >= 11 is 0. The van der Waals surface area contributed by atoms with Crippen LogP contribution in [0.25, 0.3) is 11.1 Å². The highest BCUT2D eigenvalue weighted by molar-refractivity contribution is 5.76. The van der Waals surface area contributed by atoms with Crippen LogP contribution in [0.3, 0.4) is 0 Å². The second kappa shape index (κ2) is 10.8. The van der Waals surface area contributed by atoms with Gasteiger partial charge in [0.1, 0.15) is 0 Å². The van der Waals surface area contributed by atoms with Crippen LogP contribution in [0.1, 0.15) is 50.8 Å². The molecule has 1 aliphatic rings. The van der Waals surface area contributed by atoms with Crippen molar-refractivity contribution in [3.63, 3.8) is 0 Å². The molecule has 0 amide bonds. The Labute approximate surface area is 142 Å². The molecule has 124 valence electrons. The molecule has 0 fully saturated rings. The number of hydrogen-bond acceptors (Lipinski definition) is 1. The van der Waals surface area contributed by atoms with Crippen LogP contribution >= 0.6 is 0 Å². The van der Waals surface area contributed by atoms with Gasteiger partial charge in [0.15, 0.2) is 0 Å². The van der Waals surface area contributed by atoms with E-state index >= 15 is 0 Å². The molecule has 0 aliphatic heterocycles. The SMILES string of the molecule is CC.CC=CCC.CNCc1ccc2c(c1)Cc1ccccc1-2. The molecule has 0 unspecified atom stereocenters. The third kappa shape index (κ3) is 5.37. The number of fused-ring (bicyclic) bond motifs is 3. The first-order valence-corrected chi connectivity index (χ1v) is 8.76. The molecule has 0 aromatic heterocycles. The van der Waals surface area contributed by atoms with E-state index < -0.39 is 0 Å². The predicted octanol–water partition coefficient (Wildman–Crippen LogP) is 5.98. The van der Waals surface area contributed by atoms with Crippen LogP contribution in [0.2, 0.25) is 0 Å². The molecule has 0 spiro atoms. The number of allylic oxidation sites excluding steroid dienone is 2. The highest BCUT2D eigenvalue weighted by Crippen LogP contribution is 2.36. The number of nitrogens with one attached hydrogen (secondary N) is 1. The van der Waals surface area contributed by atoms with Crippen LogP contribution in [-0.2, 0) is 13.0 Å². The van der Waals surface area contributed by atoms with Crippen LogP contribution in [0.5, 0.6) is 0 Å². The molecule has 1 heteroatoms. The predicted molar refractivity (Wildman–Crippen MR) is 104 cm³/mol. The topological polar surface area (TPSA) is 12.0 Å². The first kappa shape index (κ1) is 19.2. The summed E-state index contributed by atoms with van der Waals surface area (Å²) in [5, 5.41) is 3.20. The largest absolute Gasteiger partial charge is 0.316 e. The summed E-state index contributed by atoms with van der Waals surface area (Å²) in [4.78, 5) is 0. The van der Waals surface area contributed by atoms with Gasteiger partial charge in [-0.15, -0.1) is 0 Å². The van der Waals surface area contributed by atoms with Crippen molar-refractivity contribution in [3.8, 4) is 11.1 Å². The maximum absolute atomic E-state index is 3.20. The Morgan fingerprint density at radius 3 is 2.30 bits per heavy atom. The Morgan fingerprint density at radius 1 is 1.00 bits per heavy atom. The van der Waals surface area contributed by atoms with Gasteiger partial charge in [0, 0.05) is 6.54 Å². The molecule has 1 aliphatic carbocycles. The van der Waals surface area contributed by atoms with Crippen LogP contribution in [0.15, 0.2) is 54.6 Å². The Morgan fingerprint density at radius 2 is 1.70 bits per heavy atom. The summed E-state index contributed by atoms with van der Waals surface area (Å²) in [5.41, 5.74) is 7.12. The highest BCUT2D eigenvalue weighted by atomic mass is 14.8. The third-order valence-corrected chi connectivity index (χ3v) is 3.71. The average molecular weight is 309 g/mol. The van der Waals surface area contributed by atoms with Gasteiger partial charge in [0.25, 0.3) is 0 Å². The van der Waals surface area contributed by atoms with E-state index in [9.17, 15) is 0 Å². The zero-order chi connectivity index (χ0) is 17.1. The van der Waals surface area contributed by atoms with Crippen molar-refractivity contribution in [1.82, 2.24) is 5.32 Å². The summed E-state index contributed by atoms with van der Waals surface area (Å²) in [7, 11) is 1.99. The molecule has 0 heterocycles. The molecule has 2 aromatic rings. The number of benzene rings is 2. The maximum Gasteiger partial charge on any atom is 0.0202 e. The molecule has 0 bridgehead atoms. The van der Waals surface area contributed by atoms with Crippen LogP contribution in [0.4, 0.5) is 0 Å². The minimum Gasteiger partial charge on any atom is -0.316 e. The van der Waals surface area contributed by atoms with E-state index in [1.54, 1.807) is 0 Å². The van der Waals surface area contributed by atoms with Crippen molar-refractivity contribution in [3.05, 3.63) is 71.3 Å². The van der Waals surface area contributed by atoms with Crippen molar-refractivity contribution in [2.24, 2.45) is 0 Å². The van der Waals surface area contributed by atoms with E-state index in [4.69, 9.17) is 0 Å². The van der Waals surface area contributed by atoms with Crippen molar-refractivity contribution < 1.29 is 0 Å². The summed E-state index contributed by atoms with van der Waals surface area (Å²) in [6.07, 6.45) is 6.43. The van der Waals surface area contributed by atoms with E-state index in [1.807, 2.05) is 27.8 Å². The van der Waals surface area contributed by atoms with Gasteiger partial charge in [-0.2, -0.15) is 0 Å². The number of hydrogen-bond donors (Lipinski definition) is 1. The Balaban J connectivity index is 0.000000327. The molecule has 2 aromatic carbocycles. The lowest BCUT2D eigenvalue weighted by Gasteiger charge is -2.04. The van der Waals surface area contributed by atoms with E-state index in [1.165, 1.54) is 27.8 Å². The van der Waals surface area contributed by atoms with Crippen molar-refractivity contribution in [2.75, 3.05) is 7.05 Å². The molecule has 1 nitrogen and oxygen atoms in total. The standard InChI is InChI=1S/C15H15N.C5H10.C2H6/c1-16-10-11-6-7-15-13(8-11)9-12-4-2-3-5-14(12)15;1-3-5-4-2;1-2/h2-8,16H,9-10H2,1H3;3,5H,4H2,1-2H3;1-2H3. The Kier molecular flexibility index (Phi) is 9.01. The van der Waals surface area contributed by atoms with Crippen molar-refractivity contribution in [1.29, 1.82) is 0 Å². The normalized spacial score (nSPS) is 11.0. The summed E-state index contributed by atoms with van der Waals surface area (Å²) < 4.78 is 0. The van der Waals surface area contributed by atoms with Crippen LogP contribution in [-0.4, -0.2) is 7.05 Å². The fourth-order valence-corrected chi connectivity index (χ4v) is 2.75. The lowest BCUT2D eigenvalue weighted by molar-refractivity contribution is 0.817. The zero-order valence-electron chi connectivity index (χ0n) is 15.3. The maximum atomic E-state index is 3.20. The van der Waals surface area contributed by atoms with E-state index in [0.29, 0.717) is 0 Å².